The van der Waals surface area contributed by atoms with Crippen LogP contribution in [0.1, 0.15) is 21.5 Å². The maximum Gasteiger partial charge on any atom is 0.339 e. The monoisotopic (exact) mass is 257 g/mol. The van der Waals surface area contributed by atoms with Crippen LogP contribution in [0.5, 0.6) is 0 Å². The molecule has 5 nitrogen and oxygen atoms in total. The van der Waals surface area contributed by atoms with Crippen molar-refractivity contribution in [3.8, 4) is 0 Å². The largest absolute Gasteiger partial charge is 0.465 e. The van der Waals surface area contributed by atoms with Gasteiger partial charge in [0.2, 0.25) is 0 Å². The van der Waals surface area contributed by atoms with E-state index in [2.05, 4.69) is 4.74 Å². The molecule has 1 aromatic carbocycles. The van der Waals surface area contributed by atoms with Crippen molar-refractivity contribution < 1.29 is 17.9 Å². The molecule has 0 amide bonds. The van der Waals surface area contributed by atoms with Crippen molar-refractivity contribution in [3.05, 3.63) is 28.8 Å². The number of carbonyl (C=O) groups excluding carboxylic acids is 1. The second-order valence-electron chi connectivity index (χ2n) is 3.87. The normalized spacial score (nSPS) is 11.2. The van der Waals surface area contributed by atoms with Gasteiger partial charge in [-0.15, -0.1) is 0 Å². The zero-order valence-electron chi connectivity index (χ0n) is 9.98. The number of nitrogen functional groups attached to an aromatic ring is 1. The highest BCUT2D eigenvalue weighted by atomic mass is 32.2. The number of methoxy groups -OCH3 is 1. The average molecular weight is 257 g/mol. The lowest BCUT2D eigenvalue weighted by molar-refractivity contribution is 0.0602. The lowest BCUT2D eigenvalue weighted by Crippen LogP contribution is -2.10. The van der Waals surface area contributed by atoms with Crippen LogP contribution in [0, 0.1) is 6.92 Å². The fourth-order valence-electron chi connectivity index (χ4n) is 1.50. The molecule has 0 unspecified atom stereocenters. The van der Waals surface area contributed by atoms with E-state index >= 15 is 0 Å². The average Bonchev–Trinajstić information content (AvgIpc) is 2.22. The molecule has 0 spiro atoms. The summed E-state index contributed by atoms with van der Waals surface area (Å²) in [5, 5.41) is 0. The van der Waals surface area contributed by atoms with Gasteiger partial charge in [0.1, 0.15) is 0 Å². The van der Waals surface area contributed by atoms with Gasteiger partial charge in [-0.3, -0.25) is 0 Å². The van der Waals surface area contributed by atoms with Crippen LogP contribution in [0.4, 0.5) is 5.69 Å². The van der Waals surface area contributed by atoms with Crippen molar-refractivity contribution in [2.45, 2.75) is 12.7 Å². The van der Waals surface area contributed by atoms with Crippen molar-refractivity contribution in [3.63, 3.8) is 0 Å². The predicted molar refractivity (Wildman–Crippen MR) is 65.5 cm³/mol. The Balaban J connectivity index is 3.24. The first-order chi connectivity index (χ1) is 7.76. The third kappa shape index (κ3) is 3.20. The first kappa shape index (κ1) is 13.5. The summed E-state index contributed by atoms with van der Waals surface area (Å²) in [7, 11) is -1.86. The summed E-state index contributed by atoms with van der Waals surface area (Å²) >= 11 is 0. The summed E-state index contributed by atoms with van der Waals surface area (Å²) in [4.78, 5) is 11.4. The highest BCUT2D eigenvalue weighted by molar-refractivity contribution is 7.89. The molecule has 0 aromatic heterocycles. The molecule has 0 radical (unpaired) electrons. The summed E-state index contributed by atoms with van der Waals surface area (Å²) in [6, 6.07) is 3.06. The first-order valence-corrected chi connectivity index (χ1v) is 6.96. The summed E-state index contributed by atoms with van der Waals surface area (Å²) in [6.07, 6.45) is 1.15. The van der Waals surface area contributed by atoms with Crippen LogP contribution in [0.2, 0.25) is 0 Å². The molecule has 2 N–H and O–H groups in total. The van der Waals surface area contributed by atoms with Gasteiger partial charge in [-0.05, 0) is 24.1 Å². The number of nitrogens with two attached hydrogens (primary N) is 1. The van der Waals surface area contributed by atoms with Crippen molar-refractivity contribution in [1.82, 2.24) is 0 Å². The quantitative estimate of drug-likeness (QED) is 0.642. The lowest BCUT2D eigenvalue weighted by Gasteiger charge is -2.11. The fraction of sp³-hybridized carbons (Fsp3) is 0.364. The standard InChI is InChI=1S/C11H15NO4S/c1-7-8(6-17(3,14)15)4-5-9(10(7)12)11(13)16-2/h4-5H,6,12H2,1-3H3. The molecule has 0 bridgehead atoms. The van der Waals surface area contributed by atoms with Crippen LogP contribution >= 0.6 is 0 Å². The van der Waals surface area contributed by atoms with E-state index in [0.29, 0.717) is 11.1 Å². The second kappa shape index (κ2) is 4.75. The number of carbonyl (C=O) groups is 1. The Kier molecular flexibility index (Phi) is 3.77. The van der Waals surface area contributed by atoms with Crippen LogP contribution in [0.15, 0.2) is 12.1 Å². The maximum absolute atomic E-state index is 11.4. The van der Waals surface area contributed by atoms with Crippen molar-refractivity contribution >= 4 is 21.5 Å². The Hall–Kier alpha value is -1.56. The van der Waals surface area contributed by atoms with Gasteiger partial charge >= 0.3 is 5.97 Å². The molecule has 0 aliphatic rings. The molecule has 0 atom stereocenters. The minimum absolute atomic E-state index is 0.0928. The van der Waals surface area contributed by atoms with Crippen LogP contribution in [-0.4, -0.2) is 27.8 Å². The number of sulfone groups is 1. The van der Waals surface area contributed by atoms with Gasteiger partial charge in [-0.2, -0.15) is 0 Å². The SMILES string of the molecule is COC(=O)c1ccc(CS(C)(=O)=O)c(C)c1N. The molecule has 1 rings (SSSR count). The van der Waals surface area contributed by atoms with E-state index < -0.39 is 15.8 Å². The Morgan fingerprint density at radius 3 is 2.47 bits per heavy atom. The summed E-state index contributed by atoms with van der Waals surface area (Å²) in [5.41, 5.74) is 7.49. The fourth-order valence-corrected chi connectivity index (χ4v) is 2.38. The van der Waals surface area contributed by atoms with E-state index in [1.54, 1.807) is 13.0 Å². The number of hydrogen-bond acceptors (Lipinski definition) is 5. The molecule has 0 aliphatic carbocycles. The summed E-state index contributed by atoms with van der Waals surface area (Å²) < 4.78 is 27.0. The molecule has 0 fully saturated rings. The summed E-state index contributed by atoms with van der Waals surface area (Å²) in [6.45, 7) is 1.68. The Labute approximate surface area is 100 Å². The van der Waals surface area contributed by atoms with E-state index in [0.717, 1.165) is 6.26 Å². The number of benzene rings is 1. The maximum atomic E-state index is 11.4. The molecular formula is C11H15NO4S. The van der Waals surface area contributed by atoms with Crippen LogP contribution in [-0.2, 0) is 20.3 Å². The zero-order chi connectivity index (χ0) is 13.2. The van der Waals surface area contributed by atoms with Gasteiger partial charge < -0.3 is 10.5 Å². The number of anilines is 1. The van der Waals surface area contributed by atoms with Gasteiger partial charge in [0.05, 0.1) is 18.4 Å². The minimum Gasteiger partial charge on any atom is -0.465 e. The molecule has 0 aliphatic heterocycles. The van der Waals surface area contributed by atoms with Crippen molar-refractivity contribution in [2.24, 2.45) is 0 Å². The van der Waals surface area contributed by atoms with Crippen LogP contribution in [0.3, 0.4) is 0 Å². The van der Waals surface area contributed by atoms with Crippen molar-refractivity contribution in [2.75, 3.05) is 19.1 Å². The topological polar surface area (TPSA) is 86.5 Å². The van der Waals surface area contributed by atoms with Crippen molar-refractivity contribution in [1.29, 1.82) is 0 Å². The predicted octanol–water partition coefficient (Wildman–Crippen LogP) is 0.908. The Morgan fingerprint density at radius 1 is 1.41 bits per heavy atom. The highest BCUT2D eigenvalue weighted by Crippen LogP contribution is 2.23. The molecule has 0 saturated carbocycles. The number of rotatable bonds is 3. The number of ether oxygens (including phenoxy) is 1. The number of hydrogen-bond donors (Lipinski definition) is 1. The minimum atomic E-state index is -3.13. The van der Waals surface area contributed by atoms with E-state index in [-0.39, 0.29) is 17.0 Å². The second-order valence-corrected chi connectivity index (χ2v) is 6.01. The van der Waals surface area contributed by atoms with E-state index in [9.17, 15) is 13.2 Å². The molecule has 0 heterocycles. The molecule has 6 heteroatoms. The lowest BCUT2D eigenvalue weighted by atomic mass is 10.0. The van der Waals surface area contributed by atoms with E-state index in [4.69, 9.17) is 5.73 Å². The zero-order valence-corrected chi connectivity index (χ0v) is 10.8. The Bertz CT molecular complexity index is 549. The molecule has 94 valence electrons. The van der Waals surface area contributed by atoms with Gasteiger partial charge in [0.15, 0.2) is 9.84 Å². The highest BCUT2D eigenvalue weighted by Gasteiger charge is 2.15. The molecule has 0 saturated heterocycles. The molecule has 1 aromatic rings. The van der Waals surface area contributed by atoms with Gasteiger partial charge in [-0.1, -0.05) is 6.07 Å². The van der Waals surface area contributed by atoms with E-state index in [1.165, 1.54) is 13.2 Å². The van der Waals surface area contributed by atoms with Crippen LogP contribution in [0.25, 0.3) is 0 Å². The van der Waals surface area contributed by atoms with Gasteiger partial charge in [-0.25, -0.2) is 13.2 Å². The summed E-state index contributed by atoms with van der Waals surface area (Å²) in [5.74, 6) is -0.624. The van der Waals surface area contributed by atoms with Gasteiger partial charge in [0.25, 0.3) is 0 Å². The van der Waals surface area contributed by atoms with Crippen LogP contribution < -0.4 is 5.73 Å². The third-order valence-corrected chi connectivity index (χ3v) is 3.29. The smallest absolute Gasteiger partial charge is 0.339 e. The molecular weight excluding hydrogens is 242 g/mol. The van der Waals surface area contributed by atoms with E-state index in [1.807, 2.05) is 0 Å². The third-order valence-electron chi connectivity index (χ3n) is 2.45. The van der Waals surface area contributed by atoms with Gasteiger partial charge in [0, 0.05) is 11.9 Å². The first-order valence-electron chi connectivity index (χ1n) is 4.90. The molecule has 17 heavy (non-hydrogen) atoms. The Morgan fingerprint density at radius 2 is 2.00 bits per heavy atom. The number of esters is 1.